The van der Waals surface area contributed by atoms with Crippen LogP contribution >= 0.6 is 11.6 Å². The topological polar surface area (TPSA) is 67.5 Å². The third kappa shape index (κ3) is 3.64. The first-order valence-electron chi connectivity index (χ1n) is 6.82. The van der Waals surface area contributed by atoms with Gasteiger partial charge in [0.05, 0.1) is 16.8 Å². The van der Waals surface area contributed by atoms with Crippen molar-refractivity contribution in [3.63, 3.8) is 0 Å². The van der Waals surface area contributed by atoms with Crippen molar-refractivity contribution in [2.75, 3.05) is 0 Å². The van der Waals surface area contributed by atoms with Gasteiger partial charge in [-0.3, -0.25) is 9.78 Å². The first kappa shape index (κ1) is 15.0. The van der Waals surface area contributed by atoms with E-state index in [0.717, 1.165) is 5.56 Å². The van der Waals surface area contributed by atoms with Crippen molar-refractivity contribution in [1.29, 1.82) is 0 Å². The molecule has 23 heavy (non-hydrogen) atoms. The molecule has 0 bridgehead atoms. The zero-order valence-electron chi connectivity index (χ0n) is 11.9. The van der Waals surface area contributed by atoms with Crippen molar-refractivity contribution in [2.45, 2.75) is 0 Å². The highest BCUT2D eigenvalue weighted by Crippen LogP contribution is 2.28. The Kier molecular flexibility index (Phi) is 4.49. The average molecular weight is 326 g/mol. The van der Waals surface area contributed by atoms with Gasteiger partial charge in [-0.25, -0.2) is 5.43 Å². The number of pyridine rings is 1. The molecular weight excluding hydrogens is 314 g/mol. The van der Waals surface area contributed by atoms with Crippen LogP contribution in [0, 0.1) is 0 Å². The van der Waals surface area contributed by atoms with Crippen molar-refractivity contribution in [1.82, 2.24) is 10.4 Å². The summed E-state index contributed by atoms with van der Waals surface area (Å²) in [7, 11) is 0. The number of nitrogens with zero attached hydrogens (tertiary/aromatic N) is 2. The van der Waals surface area contributed by atoms with Crippen LogP contribution in [0.3, 0.4) is 0 Å². The van der Waals surface area contributed by atoms with Gasteiger partial charge < -0.3 is 4.42 Å². The molecule has 0 aliphatic heterocycles. The maximum absolute atomic E-state index is 11.8. The summed E-state index contributed by atoms with van der Waals surface area (Å²) in [6.45, 7) is 0. The van der Waals surface area contributed by atoms with E-state index in [2.05, 4.69) is 15.5 Å². The van der Waals surface area contributed by atoms with Crippen LogP contribution in [-0.4, -0.2) is 17.1 Å². The van der Waals surface area contributed by atoms with E-state index in [4.69, 9.17) is 16.0 Å². The first-order chi connectivity index (χ1) is 11.2. The van der Waals surface area contributed by atoms with E-state index in [9.17, 15) is 4.79 Å². The van der Waals surface area contributed by atoms with Gasteiger partial charge in [0.25, 0.3) is 5.91 Å². The summed E-state index contributed by atoms with van der Waals surface area (Å²) in [5, 5.41) is 4.47. The molecule has 3 aromatic rings. The molecule has 0 spiro atoms. The largest absolute Gasteiger partial charge is 0.455 e. The number of aromatic nitrogens is 1. The Morgan fingerprint density at radius 1 is 1.17 bits per heavy atom. The maximum Gasteiger partial charge on any atom is 0.272 e. The molecule has 2 heterocycles. The van der Waals surface area contributed by atoms with Gasteiger partial charge >= 0.3 is 0 Å². The van der Waals surface area contributed by atoms with Gasteiger partial charge in [-0.2, -0.15) is 5.10 Å². The molecule has 5 nitrogen and oxygen atoms in total. The van der Waals surface area contributed by atoms with Gasteiger partial charge in [-0.15, -0.1) is 0 Å². The lowest BCUT2D eigenvalue weighted by Gasteiger charge is -1.99. The highest BCUT2D eigenvalue weighted by atomic mass is 35.5. The molecule has 0 aliphatic rings. The number of benzene rings is 1. The van der Waals surface area contributed by atoms with Crippen molar-refractivity contribution in [3.05, 3.63) is 77.3 Å². The van der Waals surface area contributed by atoms with Crippen LogP contribution in [0.4, 0.5) is 0 Å². The van der Waals surface area contributed by atoms with Gasteiger partial charge in [0.15, 0.2) is 0 Å². The molecule has 0 atom stereocenters. The first-order valence-corrected chi connectivity index (χ1v) is 7.20. The van der Waals surface area contributed by atoms with Gasteiger partial charge in [0.2, 0.25) is 0 Å². The Balaban J connectivity index is 1.68. The molecular formula is C17H12ClN3O2. The van der Waals surface area contributed by atoms with Gasteiger partial charge in [-0.05, 0) is 36.4 Å². The van der Waals surface area contributed by atoms with E-state index in [1.165, 1.54) is 12.4 Å². The molecule has 0 radical (unpaired) electrons. The number of carbonyl (C=O) groups is 1. The summed E-state index contributed by atoms with van der Waals surface area (Å²) >= 11 is 6.13. The van der Waals surface area contributed by atoms with Crippen LogP contribution in [-0.2, 0) is 0 Å². The van der Waals surface area contributed by atoms with E-state index in [0.29, 0.717) is 22.1 Å². The lowest BCUT2D eigenvalue weighted by molar-refractivity contribution is 0.0955. The van der Waals surface area contributed by atoms with Gasteiger partial charge in [0, 0.05) is 18.0 Å². The monoisotopic (exact) mass is 325 g/mol. The molecule has 1 N–H and O–H groups in total. The van der Waals surface area contributed by atoms with Crippen molar-refractivity contribution in [2.24, 2.45) is 5.10 Å². The van der Waals surface area contributed by atoms with Crippen molar-refractivity contribution < 1.29 is 9.21 Å². The summed E-state index contributed by atoms with van der Waals surface area (Å²) in [6.07, 6.45) is 4.49. The highest BCUT2D eigenvalue weighted by molar-refractivity contribution is 6.33. The molecule has 6 heteroatoms. The Bertz CT molecular complexity index is 844. The molecule has 1 aromatic carbocycles. The van der Waals surface area contributed by atoms with Crippen LogP contribution < -0.4 is 5.43 Å². The Morgan fingerprint density at radius 2 is 2.04 bits per heavy atom. The number of hydrogen-bond acceptors (Lipinski definition) is 4. The van der Waals surface area contributed by atoms with Crippen LogP contribution in [0.2, 0.25) is 5.02 Å². The van der Waals surface area contributed by atoms with E-state index in [1.807, 2.05) is 18.2 Å². The fourth-order valence-corrected chi connectivity index (χ4v) is 2.17. The number of rotatable bonds is 4. The minimum Gasteiger partial charge on any atom is -0.455 e. The second-order valence-electron chi connectivity index (χ2n) is 4.62. The molecule has 0 aliphatic carbocycles. The number of halogens is 1. The standard InChI is InChI=1S/C17H12ClN3O2/c18-15-6-2-1-5-14(15)16-8-7-13(23-16)11-20-21-17(22)12-4-3-9-19-10-12/h1-11H,(H,21,22)/b20-11-. The normalized spacial score (nSPS) is 10.8. The summed E-state index contributed by atoms with van der Waals surface area (Å²) in [4.78, 5) is 15.7. The minimum absolute atomic E-state index is 0.341. The average Bonchev–Trinajstić information content (AvgIpc) is 3.04. The van der Waals surface area contributed by atoms with E-state index >= 15 is 0 Å². The third-order valence-corrected chi connectivity index (χ3v) is 3.38. The molecule has 0 saturated heterocycles. The van der Waals surface area contributed by atoms with E-state index in [-0.39, 0.29) is 5.91 Å². The number of amides is 1. The van der Waals surface area contributed by atoms with Gasteiger partial charge in [-0.1, -0.05) is 23.7 Å². The maximum atomic E-state index is 11.8. The summed E-state index contributed by atoms with van der Waals surface area (Å²) < 4.78 is 5.64. The molecule has 0 saturated carbocycles. The molecule has 114 valence electrons. The van der Waals surface area contributed by atoms with Crippen molar-refractivity contribution in [3.8, 4) is 11.3 Å². The Hall–Kier alpha value is -2.92. The van der Waals surface area contributed by atoms with Gasteiger partial charge in [0.1, 0.15) is 11.5 Å². The summed E-state index contributed by atoms with van der Waals surface area (Å²) in [6, 6.07) is 14.3. The highest BCUT2D eigenvalue weighted by Gasteiger charge is 2.07. The summed E-state index contributed by atoms with van der Waals surface area (Å²) in [5.74, 6) is 0.800. The van der Waals surface area contributed by atoms with E-state index < -0.39 is 0 Å². The fourth-order valence-electron chi connectivity index (χ4n) is 1.94. The zero-order chi connectivity index (χ0) is 16.1. The Morgan fingerprint density at radius 3 is 2.83 bits per heavy atom. The molecule has 2 aromatic heterocycles. The number of hydrogen-bond donors (Lipinski definition) is 1. The second-order valence-corrected chi connectivity index (χ2v) is 5.03. The summed E-state index contributed by atoms with van der Waals surface area (Å²) in [5.41, 5.74) is 3.64. The number of carbonyl (C=O) groups excluding carboxylic acids is 1. The quantitative estimate of drug-likeness (QED) is 0.586. The predicted octanol–water partition coefficient (Wildman–Crippen LogP) is 3.76. The second kappa shape index (κ2) is 6.89. The third-order valence-electron chi connectivity index (χ3n) is 3.05. The van der Waals surface area contributed by atoms with E-state index in [1.54, 1.807) is 36.5 Å². The van der Waals surface area contributed by atoms with Crippen LogP contribution in [0.1, 0.15) is 16.1 Å². The number of hydrazone groups is 1. The van der Waals surface area contributed by atoms with Crippen LogP contribution in [0.25, 0.3) is 11.3 Å². The number of nitrogens with one attached hydrogen (secondary N) is 1. The molecule has 3 rings (SSSR count). The predicted molar refractivity (Wildman–Crippen MR) is 88.5 cm³/mol. The van der Waals surface area contributed by atoms with Crippen LogP contribution in [0.5, 0.6) is 0 Å². The lowest BCUT2D eigenvalue weighted by atomic mass is 10.2. The van der Waals surface area contributed by atoms with Crippen molar-refractivity contribution >= 4 is 23.7 Å². The smallest absolute Gasteiger partial charge is 0.272 e. The minimum atomic E-state index is -0.341. The number of furan rings is 1. The Labute approximate surface area is 137 Å². The fraction of sp³-hybridized carbons (Fsp3) is 0. The molecule has 0 unspecified atom stereocenters. The lowest BCUT2D eigenvalue weighted by Crippen LogP contribution is -2.17. The van der Waals surface area contributed by atoms with Crippen LogP contribution in [0.15, 0.2) is 70.4 Å². The molecule has 1 amide bonds. The molecule has 0 fully saturated rings. The zero-order valence-corrected chi connectivity index (χ0v) is 12.7. The SMILES string of the molecule is O=C(N/N=C\c1ccc(-c2ccccc2Cl)o1)c1cccnc1.